The molecule has 0 aliphatic heterocycles. The van der Waals surface area contributed by atoms with Crippen LogP contribution in [0.15, 0.2) is 28.4 Å². The Hall–Kier alpha value is -1.79. The lowest BCUT2D eigenvalue weighted by molar-refractivity contribution is -0.118. The Morgan fingerprint density at radius 3 is 2.67 bits per heavy atom. The van der Waals surface area contributed by atoms with Crippen molar-refractivity contribution in [1.29, 1.82) is 0 Å². The molecule has 0 fully saturated rings. The highest BCUT2D eigenvalue weighted by Crippen LogP contribution is 2.26. The van der Waals surface area contributed by atoms with Crippen molar-refractivity contribution in [3.8, 4) is 0 Å². The molecule has 0 aliphatic rings. The van der Waals surface area contributed by atoms with E-state index in [2.05, 4.69) is 10.2 Å². The summed E-state index contributed by atoms with van der Waals surface area (Å²) in [6.07, 6.45) is 1.34. The third kappa shape index (κ3) is 6.76. The zero-order valence-electron chi connectivity index (χ0n) is 14.2. The second-order valence-electron chi connectivity index (χ2n) is 5.56. The summed E-state index contributed by atoms with van der Waals surface area (Å²) in [5.74, 6) is -0.147. The van der Waals surface area contributed by atoms with Crippen molar-refractivity contribution in [2.24, 2.45) is 10.2 Å². The van der Waals surface area contributed by atoms with Gasteiger partial charge in [-0.25, -0.2) is 0 Å². The highest BCUT2D eigenvalue weighted by Gasteiger charge is 2.08. The number of anilines is 1. The molecular formula is C17H24ClN3O3. The monoisotopic (exact) mass is 353 g/mol. The minimum atomic E-state index is -0.623. The maximum Gasteiger partial charge on any atom is 0.286 e. The van der Waals surface area contributed by atoms with E-state index < -0.39 is 5.91 Å². The smallest absolute Gasteiger partial charge is 0.286 e. The Kier molecular flexibility index (Phi) is 9.19. The van der Waals surface area contributed by atoms with E-state index in [0.717, 1.165) is 22.6 Å². The molecule has 6 nitrogen and oxygen atoms in total. The first-order valence-electron chi connectivity index (χ1n) is 7.94. The summed E-state index contributed by atoms with van der Waals surface area (Å²) in [7, 11) is 0. The lowest BCUT2D eigenvalue weighted by atomic mass is 10.1. The van der Waals surface area contributed by atoms with Gasteiger partial charge in [0.1, 0.15) is 0 Å². The number of benzene rings is 1. The standard InChI is InChI=1S/C17H24ClN3O3/c1-13-6-7-15(21(9-8-18)10-11-22)12-16(13)19-14(2)4-3-5-17(23)20-24/h6-7,12,22H,3-5,8-11H2,1-2H3. The number of carbonyl (C=O) groups is 1. The molecule has 0 saturated carbocycles. The van der Waals surface area contributed by atoms with Crippen LogP contribution in [0.25, 0.3) is 0 Å². The normalized spacial score (nSPS) is 11.4. The van der Waals surface area contributed by atoms with Crippen molar-refractivity contribution in [2.45, 2.75) is 33.1 Å². The summed E-state index contributed by atoms with van der Waals surface area (Å²) >= 11 is 5.82. The van der Waals surface area contributed by atoms with Crippen LogP contribution in [-0.2, 0) is 4.79 Å². The third-order valence-corrected chi connectivity index (χ3v) is 3.79. The number of amides is 1. The van der Waals surface area contributed by atoms with E-state index in [4.69, 9.17) is 11.6 Å². The van der Waals surface area contributed by atoms with Gasteiger partial charge in [-0.05, 0) is 44.4 Å². The number of aryl methyl sites for hydroxylation is 1. The first kappa shape index (κ1) is 20.3. The van der Waals surface area contributed by atoms with Crippen molar-refractivity contribution in [2.75, 3.05) is 30.5 Å². The van der Waals surface area contributed by atoms with Crippen molar-refractivity contribution < 1.29 is 9.90 Å². The van der Waals surface area contributed by atoms with Crippen molar-refractivity contribution >= 4 is 34.6 Å². The van der Waals surface area contributed by atoms with E-state index in [1.54, 1.807) is 0 Å². The minimum Gasteiger partial charge on any atom is -0.395 e. The van der Waals surface area contributed by atoms with E-state index in [0.29, 0.717) is 31.8 Å². The zero-order valence-corrected chi connectivity index (χ0v) is 14.9. The molecule has 1 aromatic rings. The topological polar surface area (TPSA) is 82.3 Å². The number of halogens is 1. The molecule has 0 atom stereocenters. The average molecular weight is 354 g/mol. The van der Waals surface area contributed by atoms with E-state index in [-0.39, 0.29) is 13.0 Å². The lowest BCUT2D eigenvalue weighted by Crippen LogP contribution is -2.28. The van der Waals surface area contributed by atoms with Gasteiger partial charge in [-0.15, -0.1) is 16.5 Å². The number of hydrogen-bond donors (Lipinski definition) is 1. The first-order valence-corrected chi connectivity index (χ1v) is 8.48. The van der Waals surface area contributed by atoms with Gasteiger partial charge in [0.2, 0.25) is 0 Å². The summed E-state index contributed by atoms with van der Waals surface area (Å²) < 4.78 is 0. The van der Waals surface area contributed by atoms with Crippen LogP contribution in [-0.4, -0.2) is 42.3 Å². The Labute approximate surface area is 147 Å². The van der Waals surface area contributed by atoms with Crippen LogP contribution in [0.4, 0.5) is 11.4 Å². The fourth-order valence-electron chi connectivity index (χ4n) is 2.31. The molecule has 24 heavy (non-hydrogen) atoms. The molecule has 1 aromatic carbocycles. The summed E-state index contributed by atoms with van der Waals surface area (Å²) in [5, 5.41) is 11.6. The van der Waals surface area contributed by atoms with Crippen molar-refractivity contribution in [3.05, 3.63) is 28.7 Å². The van der Waals surface area contributed by atoms with Crippen molar-refractivity contribution in [1.82, 2.24) is 0 Å². The summed E-state index contributed by atoms with van der Waals surface area (Å²) in [4.78, 5) is 27.6. The van der Waals surface area contributed by atoms with Gasteiger partial charge < -0.3 is 10.0 Å². The molecule has 0 radical (unpaired) electrons. The molecule has 0 unspecified atom stereocenters. The first-order chi connectivity index (χ1) is 11.5. The van der Waals surface area contributed by atoms with Gasteiger partial charge in [0.25, 0.3) is 5.91 Å². The molecule has 1 rings (SSSR count). The number of rotatable bonds is 10. The van der Waals surface area contributed by atoms with Crippen LogP contribution < -0.4 is 4.90 Å². The van der Waals surface area contributed by atoms with E-state index >= 15 is 0 Å². The minimum absolute atomic E-state index is 0.0567. The van der Waals surface area contributed by atoms with Gasteiger partial charge in [-0.1, -0.05) is 6.07 Å². The third-order valence-electron chi connectivity index (χ3n) is 3.62. The number of aliphatic hydroxyl groups excluding tert-OH is 1. The summed E-state index contributed by atoms with van der Waals surface area (Å²) in [6.45, 7) is 5.09. The van der Waals surface area contributed by atoms with Gasteiger partial charge in [-0.2, -0.15) is 0 Å². The predicted octanol–water partition coefficient (Wildman–Crippen LogP) is 3.59. The maximum absolute atomic E-state index is 10.9. The number of nitroso groups, excluding NO2 is 1. The van der Waals surface area contributed by atoms with Crippen molar-refractivity contribution in [3.63, 3.8) is 0 Å². The molecule has 132 valence electrons. The van der Waals surface area contributed by atoms with E-state index in [1.165, 1.54) is 0 Å². The van der Waals surface area contributed by atoms with Crippen LogP contribution >= 0.6 is 11.6 Å². The van der Waals surface area contributed by atoms with Gasteiger partial charge >= 0.3 is 0 Å². The molecule has 0 aliphatic carbocycles. The van der Waals surface area contributed by atoms with Gasteiger partial charge in [0.05, 0.1) is 12.3 Å². The SMILES string of the molecule is CC(CCCC(=O)N=O)=Nc1cc(N(CCO)CCCl)ccc1C. The Bertz CT molecular complexity index is 584. The van der Waals surface area contributed by atoms with Crippen LogP contribution in [0.1, 0.15) is 31.7 Å². The fourth-order valence-corrected chi connectivity index (χ4v) is 2.51. The summed E-state index contributed by atoms with van der Waals surface area (Å²) in [6, 6.07) is 5.94. The van der Waals surface area contributed by atoms with Crippen LogP contribution in [0.2, 0.25) is 0 Å². The molecule has 7 heteroatoms. The Morgan fingerprint density at radius 2 is 2.04 bits per heavy atom. The number of hydrogen-bond acceptors (Lipinski definition) is 5. The van der Waals surface area contributed by atoms with Crippen LogP contribution in [0.5, 0.6) is 0 Å². The lowest BCUT2D eigenvalue weighted by Gasteiger charge is -2.23. The van der Waals surface area contributed by atoms with Gasteiger partial charge in [0.15, 0.2) is 0 Å². The van der Waals surface area contributed by atoms with Crippen LogP contribution in [0, 0.1) is 11.8 Å². The quantitative estimate of drug-likeness (QED) is 0.396. The highest BCUT2D eigenvalue weighted by atomic mass is 35.5. The summed E-state index contributed by atoms with van der Waals surface area (Å²) in [5.41, 5.74) is 3.74. The number of aliphatic hydroxyl groups is 1. The van der Waals surface area contributed by atoms with E-state index in [9.17, 15) is 14.8 Å². The van der Waals surface area contributed by atoms with E-state index in [1.807, 2.05) is 36.9 Å². The van der Waals surface area contributed by atoms with Crippen LogP contribution in [0.3, 0.4) is 0 Å². The zero-order chi connectivity index (χ0) is 17.9. The highest BCUT2D eigenvalue weighted by molar-refractivity contribution is 6.18. The number of aliphatic imine (C=N–C) groups is 1. The molecule has 0 bridgehead atoms. The molecule has 1 amide bonds. The molecule has 0 heterocycles. The second-order valence-corrected chi connectivity index (χ2v) is 5.93. The molecule has 0 spiro atoms. The number of nitrogens with zero attached hydrogens (tertiary/aromatic N) is 3. The number of carbonyl (C=O) groups excluding carboxylic acids is 1. The largest absolute Gasteiger partial charge is 0.395 e. The maximum atomic E-state index is 10.9. The second kappa shape index (κ2) is 10.9. The molecule has 1 N–H and O–H groups in total. The Balaban J connectivity index is 2.86. The number of alkyl halides is 1. The average Bonchev–Trinajstić information content (AvgIpc) is 2.56. The fraction of sp³-hybridized carbons (Fsp3) is 0.529. The Morgan fingerprint density at radius 1 is 1.29 bits per heavy atom. The predicted molar refractivity (Wildman–Crippen MR) is 98.6 cm³/mol. The van der Waals surface area contributed by atoms with Gasteiger partial charge in [-0.3, -0.25) is 9.79 Å². The molecule has 0 aromatic heterocycles. The molecule has 0 saturated heterocycles. The van der Waals surface area contributed by atoms with Gasteiger partial charge in [0, 0.05) is 42.0 Å². The molecular weight excluding hydrogens is 330 g/mol.